The highest BCUT2D eigenvalue weighted by Crippen LogP contribution is 2.23. The van der Waals surface area contributed by atoms with Crippen molar-refractivity contribution in [3.63, 3.8) is 0 Å². The van der Waals surface area contributed by atoms with Gasteiger partial charge in [-0.15, -0.1) is 0 Å². The number of hydrogen-bond acceptors (Lipinski definition) is 3. The lowest BCUT2D eigenvalue weighted by atomic mass is 10.2. The van der Waals surface area contributed by atoms with Crippen LogP contribution in [-0.4, -0.2) is 18.0 Å². The Balaban J connectivity index is 2.21. The summed E-state index contributed by atoms with van der Waals surface area (Å²) in [6.07, 6.45) is 1.49. The van der Waals surface area contributed by atoms with Gasteiger partial charge in [0.25, 0.3) is 5.91 Å². The molecule has 1 aromatic carbocycles. The molecule has 0 aliphatic carbocycles. The van der Waals surface area contributed by atoms with E-state index in [9.17, 15) is 4.79 Å². The second-order valence-corrected chi connectivity index (χ2v) is 3.95. The van der Waals surface area contributed by atoms with Crippen molar-refractivity contribution in [2.75, 3.05) is 12.4 Å². The molecule has 0 saturated heterocycles. The van der Waals surface area contributed by atoms with E-state index in [1.165, 1.54) is 12.3 Å². The molecule has 1 N–H and O–H groups in total. The molecule has 1 aromatic heterocycles. The van der Waals surface area contributed by atoms with Crippen molar-refractivity contribution in [3.05, 3.63) is 53.3 Å². The molecule has 0 fully saturated rings. The SMILES string of the molecule is COc1ccccc1NC(=O)c1cc(Cl)ccn1. The van der Waals surface area contributed by atoms with Crippen molar-refractivity contribution >= 4 is 23.2 Å². The van der Waals surface area contributed by atoms with Crippen LogP contribution in [-0.2, 0) is 0 Å². The van der Waals surface area contributed by atoms with Gasteiger partial charge in [-0.3, -0.25) is 9.78 Å². The van der Waals surface area contributed by atoms with E-state index in [0.717, 1.165) is 0 Å². The summed E-state index contributed by atoms with van der Waals surface area (Å²) in [6, 6.07) is 10.3. The van der Waals surface area contributed by atoms with E-state index in [1.807, 2.05) is 12.1 Å². The minimum absolute atomic E-state index is 0.258. The highest BCUT2D eigenvalue weighted by Gasteiger charge is 2.10. The second kappa shape index (κ2) is 5.51. The van der Waals surface area contributed by atoms with Crippen molar-refractivity contribution in [1.82, 2.24) is 4.98 Å². The van der Waals surface area contributed by atoms with Gasteiger partial charge in [0.15, 0.2) is 0 Å². The number of nitrogens with zero attached hydrogens (tertiary/aromatic N) is 1. The zero-order valence-electron chi connectivity index (χ0n) is 9.68. The van der Waals surface area contributed by atoms with Crippen LogP contribution in [0.1, 0.15) is 10.5 Å². The maximum atomic E-state index is 11.9. The Morgan fingerprint density at radius 2 is 2.11 bits per heavy atom. The highest BCUT2D eigenvalue weighted by atomic mass is 35.5. The number of carbonyl (C=O) groups excluding carboxylic acids is 1. The molecule has 92 valence electrons. The topological polar surface area (TPSA) is 51.2 Å². The molecule has 0 bridgehead atoms. The van der Waals surface area contributed by atoms with Gasteiger partial charge < -0.3 is 10.1 Å². The average Bonchev–Trinajstić information content (AvgIpc) is 2.39. The normalized spacial score (nSPS) is 9.89. The molecular formula is C13H11ClN2O2. The van der Waals surface area contributed by atoms with Gasteiger partial charge in [-0.05, 0) is 24.3 Å². The zero-order chi connectivity index (χ0) is 13.0. The molecule has 1 heterocycles. The van der Waals surface area contributed by atoms with Crippen LogP contribution in [0.3, 0.4) is 0 Å². The first-order valence-electron chi connectivity index (χ1n) is 5.26. The lowest BCUT2D eigenvalue weighted by Crippen LogP contribution is -2.14. The molecule has 18 heavy (non-hydrogen) atoms. The summed E-state index contributed by atoms with van der Waals surface area (Å²) in [4.78, 5) is 15.9. The van der Waals surface area contributed by atoms with Gasteiger partial charge in [-0.25, -0.2) is 0 Å². The van der Waals surface area contributed by atoms with Crippen molar-refractivity contribution in [3.8, 4) is 5.75 Å². The summed E-state index contributed by atoms with van der Waals surface area (Å²) < 4.78 is 5.14. The van der Waals surface area contributed by atoms with Crippen LogP contribution in [0.25, 0.3) is 0 Å². The van der Waals surface area contributed by atoms with Crippen LogP contribution in [0, 0.1) is 0 Å². The number of amides is 1. The van der Waals surface area contributed by atoms with Gasteiger partial charge in [0.05, 0.1) is 12.8 Å². The summed E-state index contributed by atoms with van der Waals surface area (Å²) in [5.74, 6) is 0.259. The molecule has 5 heteroatoms. The molecule has 1 amide bonds. The summed E-state index contributed by atoms with van der Waals surface area (Å²) >= 11 is 5.81. The molecule has 0 spiro atoms. The number of pyridine rings is 1. The van der Waals surface area contributed by atoms with Gasteiger partial charge in [-0.1, -0.05) is 23.7 Å². The monoisotopic (exact) mass is 262 g/mol. The predicted octanol–water partition coefficient (Wildman–Crippen LogP) is 3.00. The van der Waals surface area contributed by atoms with Crippen molar-refractivity contribution in [2.24, 2.45) is 0 Å². The summed E-state index contributed by atoms with van der Waals surface area (Å²) in [6.45, 7) is 0. The average molecular weight is 263 g/mol. The summed E-state index contributed by atoms with van der Waals surface area (Å²) in [5, 5.41) is 3.19. The van der Waals surface area contributed by atoms with E-state index in [2.05, 4.69) is 10.3 Å². The Labute approximate surface area is 110 Å². The highest BCUT2D eigenvalue weighted by molar-refractivity contribution is 6.30. The Kier molecular flexibility index (Phi) is 3.79. The minimum Gasteiger partial charge on any atom is -0.495 e. The van der Waals surface area contributed by atoms with Crippen molar-refractivity contribution in [2.45, 2.75) is 0 Å². The van der Waals surface area contributed by atoms with Gasteiger partial charge in [0.2, 0.25) is 0 Å². The van der Waals surface area contributed by atoms with E-state index in [-0.39, 0.29) is 11.6 Å². The molecule has 0 aliphatic rings. The van der Waals surface area contributed by atoms with Crippen LogP contribution >= 0.6 is 11.6 Å². The van der Waals surface area contributed by atoms with E-state index < -0.39 is 0 Å². The Morgan fingerprint density at radius 3 is 2.83 bits per heavy atom. The third kappa shape index (κ3) is 2.78. The maximum Gasteiger partial charge on any atom is 0.274 e. The first-order chi connectivity index (χ1) is 8.70. The first-order valence-corrected chi connectivity index (χ1v) is 5.64. The number of benzene rings is 1. The molecular weight excluding hydrogens is 252 g/mol. The molecule has 0 aliphatic heterocycles. The van der Waals surface area contributed by atoms with Crippen molar-refractivity contribution in [1.29, 1.82) is 0 Å². The first kappa shape index (κ1) is 12.4. The third-order valence-electron chi connectivity index (χ3n) is 2.31. The Hall–Kier alpha value is -2.07. The fourth-order valence-corrected chi connectivity index (χ4v) is 1.62. The van der Waals surface area contributed by atoms with Crippen LogP contribution in [0.4, 0.5) is 5.69 Å². The van der Waals surface area contributed by atoms with Crippen LogP contribution < -0.4 is 10.1 Å². The number of para-hydroxylation sites is 2. The molecule has 2 aromatic rings. The Bertz CT molecular complexity index is 572. The lowest BCUT2D eigenvalue weighted by molar-refractivity contribution is 0.102. The molecule has 2 rings (SSSR count). The third-order valence-corrected chi connectivity index (χ3v) is 2.54. The molecule has 0 saturated carbocycles. The largest absolute Gasteiger partial charge is 0.495 e. The number of anilines is 1. The predicted molar refractivity (Wildman–Crippen MR) is 70.2 cm³/mol. The van der Waals surface area contributed by atoms with Crippen LogP contribution in [0.5, 0.6) is 5.75 Å². The fraction of sp³-hybridized carbons (Fsp3) is 0.0769. The number of hydrogen-bond donors (Lipinski definition) is 1. The number of carbonyl (C=O) groups is 1. The quantitative estimate of drug-likeness (QED) is 0.925. The minimum atomic E-state index is -0.331. The number of aromatic nitrogens is 1. The van der Waals surface area contributed by atoms with Crippen molar-refractivity contribution < 1.29 is 9.53 Å². The fourth-order valence-electron chi connectivity index (χ4n) is 1.46. The van der Waals surface area contributed by atoms with E-state index in [4.69, 9.17) is 16.3 Å². The van der Waals surface area contributed by atoms with E-state index in [0.29, 0.717) is 16.5 Å². The van der Waals surface area contributed by atoms with Gasteiger partial charge in [-0.2, -0.15) is 0 Å². The van der Waals surface area contributed by atoms with Crippen LogP contribution in [0.2, 0.25) is 5.02 Å². The molecule has 0 atom stereocenters. The number of rotatable bonds is 3. The standard InChI is InChI=1S/C13H11ClN2O2/c1-18-12-5-3-2-4-10(12)16-13(17)11-8-9(14)6-7-15-11/h2-8H,1H3,(H,16,17). The van der Waals surface area contributed by atoms with Gasteiger partial charge >= 0.3 is 0 Å². The second-order valence-electron chi connectivity index (χ2n) is 3.51. The Morgan fingerprint density at radius 1 is 1.33 bits per heavy atom. The lowest BCUT2D eigenvalue weighted by Gasteiger charge is -2.09. The number of methoxy groups -OCH3 is 1. The maximum absolute atomic E-state index is 11.9. The molecule has 0 unspecified atom stereocenters. The zero-order valence-corrected chi connectivity index (χ0v) is 10.4. The van der Waals surface area contributed by atoms with Gasteiger partial charge in [0, 0.05) is 11.2 Å². The number of nitrogens with one attached hydrogen (secondary N) is 1. The summed E-state index contributed by atoms with van der Waals surface area (Å²) in [5.41, 5.74) is 0.847. The van der Waals surface area contributed by atoms with E-state index >= 15 is 0 Å². The number of halogens is 1. The van der Waals surface area contributed by atoms with E-state index in [1.54, 1.807) is 25.3 Å². The molecule has 0 radical (unpaired) electrons. The van der Waals surface area contributed by atoms with Gasteiger partial charge in [0.1, 0.15) is 11.4 Å². The number of ether oxygens (including phenoxy) is 1. The smallest absolute Gasteiger partial charge is 0.274 e. The van der Waals surface area contributed by atoms with Crippen LogP contribution in [0.15, 0.2) is 42.6 Å². The summed E-state index contributed by atoms with van der Waals surface area (Å²) in [7, 11) is 1.54. The molecule has 4 nitrogen and oxygen atoms in total.